The summed E-state index contributed by atoms with van der Waals surface area (Å²) in [7, 11) is 1.63. The number of aliphatic carboxylic acids is 1. The van der Waals surface area contributed by atoms with Gasteiger partial charge in [0.15, 0.2) is 0 Å². The monoisotopic (exact) mass is 306 g/mol. The van der Waals surface area contributed by atoms with E-state index in [1.165, 1.54) is 0 Å². The van der Waals surface area contributed by atoms with E-state index < -0.39 is 11.4 Å². The minimum Gasteiger partial charge on any atom is -0.481 e. The van der Waals surface area contributed by atoms with Crippen LogP contribution in [-0.4, -0.2) is 42.2 Å². The summed E-state index contributed by atoms with van der Waals surface area (Å²) < 4.78 is 5.14. The highest BCUT2D eigenvalue weighted by atomic mass is 16.5. The van der Waals surface area contributed by atoms with Crippen molar-refractivity contribution in [3.05, 3.63) is 35.4 Å². The summed E-state index contributed by atoms with van der Waals surface area (Å²) in [5.41, 5.74) is 1.19. The van der Waals surface area contributed by atoms with Crippen molar-refractivity contribution in [2.75, 3.05) is 20.2 Å². The number of benzene rings is 1. The first-order chi connectivity index (χ1) is 10.5. The maximum absolute atomic E-state index is 12.2. The van der Waals surface area contributed by atoms with Crippen molar-refractivity contribution < 1.29 is 19.4 Å². The fourth-order valence-corrected chi connectivity index (χ4v) is 2.62. The number of carbonyl (C=O) groups is 2. The fourth-order valence-electron chi connectivity index (χ4n) is 2.62. The molecule has 1 aliphatic heterocycles. The first kappa shape index (κ1) is 16.3. The number of urea groups is 1. The number of carboxylic acid groups (broad SMARTS) is 1. The number of carbonyl (C=O) groups excluding carboxylic acids is 1. The van der Waals surface area contributed by atoms with E-state index in [-0.39, 0.29) is 12.6 Å². The van der Waals surface area contributed by atoms with E-state index in [2.05, 4.69) is 5.32 Å². The molecule has 6 heteroatoms. The van der Waals surface area contributed by atoms with Crippen LogP contribution < -0.4 is 5.32 Å². The minimum absolute atomic E-state index is 0.225. The van der Waals surface area contributed by atoms with E-state index in [9.17, 15) is 14.7 Å². The SMILES string of the molecule is COCc1ccccc1CNC(=O)N1CCC(C)(C(=O)O)C1. The Bertz CT molecular complexity index is 561. The Hall–Kier alpha value is -2.08. The van der Waals surface area contributed by atoms with Crippen molar-refractivity contribution in [2.45, 2.75) is 26.5 Å². The third-order valence-corrected chi connectivity index (χ3v) is 4.13. The number of rotatable bonds is 5. The Kier molecular flexibility index (Phi) is 5.03. The number of methoxy groups -OCH3 is 1. The van der Waals surface area contributed by atoms with Gasteiger partial charge < -0.3 is 20.1 Å². The Morgan fingerprint density at radius 2 is 2.05 bits per heavy atom. The lowest BCUT2D eigenvalue weighted by Gasteiger charge is -2.21. The zero-order valence-electron chi connectivity index (χ0n) is 13.0. The number of hydrogen-bond donors (Lipinski definition) is 2. The molecule has 2 N–H and O–H groups in total. The first-order valence-corrected chi connectivity index (χ1v) is 7.28. The van der Waals surface area contributed by atoms with Gasteiger partial charge in [-0.25, -0.2) is 4.79 Å². The summed E-state index contributed by atoms with van der Waals surface area (Å²) in [6, 6.07) is 7.52. The lowest BCUT2D eigenvalue weighted by atomic mass is 9.90. The molecule has 1 saturated heterocycles. The predicted octanol–water partition coefficient (Wildman–Crippen LogP) is 1.84. The van der Waals surface area contributed by atoms with Gasteiger partial charge in [0.1, 0.15) is 0 Å². The van der Waals surface area contributed by atoms with E-state index in [0.717, 1.165) is 11.1 Å². The van der Waals surface area contributed by atoms with Crippen molar-refractivity contribution in [3.8, 4) is 0 Å². The van der Waals surface area contributed by atoms with Crippen LogP contribution in [0.25, 0.3) is 0 Å². The molecule has 0 spiro atoms. The van der Waals surface area contributed by atoms with E-state index in [4.69, 9.17) is 4.74 Å². The van der Waals surface area contributed by atoms with Gasteiger partial charge in [0.2, 0.25) is 0 Å². The highest BCUT2D eigenvalue weighted by molar-refractivity contribution is 5.79. The predicted molar refractivity (Wildman–Crippen MR) is 81.3 cm³/mol. The minimum atomic E-state index is -0.853. The molecule has 1 atom stereocenters. The van der Waals surface area contributed by atoms with Gasteiger partial charge in [0.25, 0.3) is 0 Å². The van der Waals surface area contributed by atoms with Crippen LogP contribution in [0.1, 0.15) is 24.5 Å². The average molecular weight is 306 g/mol. The summed E-state index contributed by atoms with van der Waals surface area (Å²) in [6.07, 6.45) is 0.482. The lowest BCUT2D eigenvalue weighted by molar-refractivity contribution is -0.146. The molecule has 0 aliphatic carbocycles. The Labute approximate surface area is 130 Å². The van der Waals surface area contributed by atoms with Crippen LogP contribution in [-0.2, 0) is 22.7 Å². The van der Waals surface area contributed by atoms with Crippen molar-refractivity contribution in [3.63, 3.8) is 0 Å². The number of nitrogens with zero attached hydrogens (tertiary/aromatic N) is 1. The van der Waals surface area contributed by atoms with Crippen LogP contribution in [0.15, 0.2) is 24.3 Å². The third-order valence-electron chi connectivity index (χ3n) is 4.13. The molecule has 1 aromatic carbocycles. The van der Waals surface area contributed by atoms with Crippen molar-refractivity contribution in [2.24, 2.45) is 5.41 Å². The number of ether oxygens (including phenoxy) is 1. The standard InChI is InChI=1S/C16H22N2O4/c1-16(14(19)20)7-8-18(11-16)15(21)17-9-12-5-3-4-6-13(12)10-22-2/h3-6H,7-11H2,1-2H3,(H,17,21)(H,19,20). The maximum Gasteiger partial charge on any atom is 0.317 e. The molecule has 2 amide bonds. The second kappa shape index (κ2) is 6.79. The summed E-state index contributed by atoms with van der Waals surface area (Å²) in [4.78, 5) is 25.0. The van der Waals surface area contributed by atoms with Crippen LogP contribution >= 0.6 is 0 Å². The van der Waals surface area contributed by atoms with Gasteiger partial charge in [-0.2, -0.15) is 0 Å². The van der Waals surface area contributed by atoms with E-state index in [1.54, 1.807) is 18.9 Å². The molecule has 0 bridgehead atoms. The molecule has 6 nitrogen and oxygen atoms in total. The summed E-state index contributed by atoms with van der Waals surface area (Å²) in [6.45, 7) is 3.28. The molecular weight excluding hydrogens is 284 g/mol. The number of nitrogens with one attached hydrogen (secondary N) is 1. The smallest absolute Gasteiger partial charge is 0.317 e. The Morgan fingerprint density at radius 3 is 2.64 bits per heavy atom. The third kappa shape index (κ3) is 3.57. The quantitative estimate of drug-likeness (QED) is 0.870. The van der Waals surface area contributed by atoms with E-state index >= 15 is 0 Å². The zero-order valence-corrected chi connectivity index (χ0v) is 13.0. The van der Waals surface area contributed by atoms with Gasteiger partial charge in [0.05, 0.1) is 12.0 Å². The molecule has 1 unspecified atom stereocenters. The second-order valence-electron chi connectivity index (χ2n) is 5.90. The molecule has 1 heterocycles. The molecule has 2 rings (SSSR count). The second-order valence-corrected chi connectivity index (χ2v) is 5.90. The van der Waals surface area contributed by atoms with Crippen molar-refractivity contribution in [1.29, 1.82) is 0 Å². The molecule has 1 aliphatic rings. The number of hydrogen-bond acceptors (Lipinski definition) is 3. The van der Waals surface area contributed by atoms with Crippen LogP contribution in [0.3, 0.4) is 0 Å². The lowest BCUT2D eigenvalue weighted by Crippen LogP contribution is -2.40. The number of amides is 2. The molecule has 0 radical (unpaired) electrons. The van der Waals surface area contributed by atoms with Gasteiger partial charge in [-0.1, -0.05) is 24.3 Å². The molecule has 0 aromatic heterocycles. The van der Waals surface area contributed by atoms with E-state index in [1.807, 2.05) is 24.3 Å². The van der Waals surface area contributed by atoms with E-state index in [0.29, 0.717) is 26.1 Å². The fraction of sp³-hybridized carbons (Fsp3) is 0.500. The van der Waals surface area contributed by atoms with Crippen molar-refractivity contribution >= 4 is 12.0 Å². The molecule has 22 heavy (non-hydrogen) atoms. The van der Waals surface area contributed by atoms with Gasteiger partial charge >= 0.3 is 12.0 Å². The largest absolute Gasteiger partial charge is 0.481 e. The summed E-state index contributed by atoms with van der Waals surface area (Å²) in [5, 5.41) is 12.1. The van der Waals surface area contributed by atoms with Crippen LogP contribution in [0.5, 0.6) is 0 Å². The highest BCUT2D eigenvalue weighted by Gasteiger charge is 2.42. The number of carboxylic acids is 1. The molecular formula is C16H22N2O4. The molecule has 1 fully saturated rings. The highest BCUT2D eigenvalue weighted by Crippen LogP contribution is 2.30. The van der Waals surface area contributed by atoms with Crippen LogP contribution in [0.4, 0.5) is 4.79 Å². The Balaban J connectivity index is 1.93. The normalized spacial score (nSPS) is 20.9. The molecule has 120 valence electrons. The topological polar surface area (TPSA) is 78.9 Å². The molecule has 0 saturated carbocycles. The van der Waals surface area contributed by atoms with Crippen molar-refractivity contribution in [1.82, 2.24) is 10.2 Å². The average Bonchev–Trinajstić information content (AvgIpc) is 2.90. The zero-order chi connectivity index (χ0) is 16.2. The van der Waals surface area contributed by atoms with Gasteiger partial charge in [-0.15, -0.1) is 0 Å². The van der Waals surface area contributed by atoms with Gasteiger partial charge in [-0.05, 0) is 24.5 Å². The summed E-state index contributed by atoms with van der Waals surface area (Å²) >= 11 is 0. The number of likely N-dealkylation sites (tertiary alicyclic amines) is 1. The first-order valence-electron chi connectivity index (χ1n) is 7.28. The van der Waals surface area contributed by atoms with Crippen LogP contribution in [0.2, 0.25) is 0 Å². The van der Waals surface area contributed by atoms with Gasteiger partial charge in [0, 0.05) is 26.7 Å². The Morgan fingerprint density at radius 1 is 1.36 bits per heavy atom. The van der Waals surface area contributed by atoms with Gasteiger partial charge in [-0.3, -0.25) is 4.79 Å². The summed E-state index contributed by atoms with van der Waals surface area (Å²) in [5.74, 6) is -0.853. The maximum atomic E-state index is 12.2. The van der Waals surface area contributed by atoms with Crippen LogP contribution in [0, 0.1) is 5.41 Å². The molecule has 1 aromatic rings.